The molecule has 5 nitrogen and oxygen atoms in total. The highest BCUT2D eigenvalue weighted by Gasteiger charge is 2.45. The molecule has 0 fully saturated rings. The Labute approximate surface area is 135 Å². The van der Waals surface area contributed by atoms with Crippen LogP contribution in [0.15, 0.2) is 23.8 Å². The molecular weight excluding hydrogens is 296 g/mol. The summed E-state index contributed by atoms with van der Waals surface area (Å²) in [6, 6.07) is 3.22. The van der Waals surface area contributed by atoms with Crippen molar-refractivity contribution in [3.05, 3.63) is 34.9 Å². The fraction of sp³-hybridized carbons (Fsp3) is 0.500. The number of rotatable bonds is 3. The van der Waals surface area contributed by atoms with Gasteiger partial charge in [0.05, 0.1) is 13.0 Å². The van der Waals surface area contributed by atoms with Crippen LogP contribution >= 0.6 is 0 Å². The number of hydrogen-bond donors (Lipinski definition) is 3. The van der Waals surface area contributed by atoms with Crippen molar-refractivity contribution in [2.24, 2.45) is 5.92 Å². The number of aliphatic hydroxyl groups is 1. The van der Waals surface area contributed by atoms with E-state index in [1.807, 2.05) is 19.9 Å². The van der Waals surface area contributed by atoms with Crippen LogP contribution in [-0.2, 0) is 11.2 Å². The number of benzene rings is 1. The fourth-order valence-corrected chi connectivity index (χ4v) is 3.89. The number of allylic oxidation sites excluding steroid dienone is 1. The Morgan fingerprint density at radius 1 is 1.39 bits per heavy atom. The monoisotopic (exact) mass is 318 g/mol. The van der Waals surface area contributed by atoms with E-state index in [-0.39, 0.29) is 30.6 Å². The molecule has 3 N–H and O–H groups in total. The molecule has 0 spiro atoms. The summed E-state index contributed by atoms with van der Waals surface area (Å²) in [6.45, 7) is 4.07. The molecule has 0 aromatic heterocycles. The van der Waals surface area contributed by atoms with Gasteiger partial charge in [-0.2, -0.15) is 0 Å². The Morgan fingerprint density at radius 3 is 2.78 bits per heavy atom. The molecule has 1 aromatic carbocycles. The van der Waals surface area contributed by atoms with Crippen molar-refractivity contribution in [1.82, 2.24) is 0 Å². The lowest BCUT2D eigenvalue weighted by atomic mass is 9.68. The fourth-order valence-electron chi connectivity index (χ4n) is 3.89. The van der Waals surface area contributed by atoms with Gasteiger partial charge in [0.15, 0.2) is 0 Å². The van der Waals surface area contributed by atoms with Gasteiger partial charge in [0.2, 0.25) is 0 Å². The van der Waals surface area contributed by atoms with E-state index >= 15 is 0 Å². The molecule has 2 aliphatic rings. The van der Waals surface area contributed by atoms with E-state index < -0.39 is 11.6 Å². The number of aliphatic hydroxyl groups excluding tert-OH is 1. The predicted molar refractivity (Wildman–Crippen MR) is 84.8 cm³/mol. The molecule has 1 aromatic rings. The average Bonchev–Trinajstić information content (AvgIpc) is 2.44. The van der Waals surface area contributed by atoms with E-state index in [0.29, 0.717) is 16.9 Å². The van der Waals surface area contributed by atoms with Gasteiger partial charge in [-0.25, -0.2) is 0 Å². The SMILES string of the molecule is CC1(C)Oc2cc(CC(=O)O)cc(O)c2C2C=C(CO)CCC21. The molecular formula is C18H22O5. The second-order valence-corrected chi connectivity index (χ2v) is 6.96. The van der Waals surface area contributed by atoms with Crippen LogP contribution < -0.4 is 4.74 Å². The van der Waals surface area contributed by atoms with Crippen LogP contribution in [0, 0.1) is 5.92 Å². The first kappa shape index (κ1) is 15.9. The van der Waals surface area contributed by atoms with Crippen LogP contribution in [0.25, 0.3) is 0 Å². The minimum Gasteiger partial charge on any atom is -0.507 e. The second kappa shape index (κ2) is 5.57. The average molecular weight is 318 g/mol. The van der Waals surface area contributed by atoms with Crippen LogP contribution in [0.1, 0.15) is 43.7 Å². The lowest BCUT2D eigenvalue weighted by Crippen LogP contribution is -2.45. The summed E-state index contributed by atoms with van der Waals surface area (Å²) in [5.41, 5.74) is 1.78. The lowest BCUT2D eigenvalue weighted by molar-refractivity contribution is -0.136. The Kier molecular flexibility index (Phi) is 3.84. The highest BCUT2D eigenvalue weighted by molar-refractivity contribution is 5.71. The number of carbonyl (C=O) groups is 1. The standard InChI is InChI=1S/C18H22O5/c1-18(2)13-4-3-10(9-19)5-12(13)17-14(20)6-11(8-16(21)22)7-15(17)23-18/h5-7,12-13,19-20H,3-4,8-9H2,1-2H3,(H,21,22). The molecule has 23 heavy (non-hydrogen) atoms. The zero-order chi connectivity index (χ0) is 16.8. The van der Waals surface area contributed by atoms with Crippen LogP contribution in [0.2, 0.25) is 0 Å². The van der Waals surface area contributed by atoms with Gasteiger partial charge >= 0.3 is 5.97 Å². The number of phenolic OH excluding ortho intramolecular Hbond substituents is 1. The Bertz CT molecular complexity index is 674. The maximum absolute atomic E-state index is 10.9. The van der Waals surface area contributed by atoms with Gasteiger partial charge in [0.25, 0.3) is 0 Å². The molecule has 2 atom stereocenters. The first-order chi connectivity index (χ1) is 10.8. The Hall–Kier alpha value is -2.01. The number of ether oxygens (including phenoxy) is 1. The predicted octanol–water partition coefficient (Wildman–Crippen LogP) is 2.60. The van der Waals surface area contributed by atoms with Gasteiger partial charge in [0, 0.05) is 17.4 Å². The first-order valence-electron chi connectivity index (χ1n) is 7.89. The Balaban J connectivity index is 2.11. The maximum Gasteiger partial charge on any atom is 0.307 e. The minimum absolute atomic E-state index is 0.0245. The largest absolute Gasteiger partial charge is 0.507 e. The first-order valence-corrected chi connectivity index (χ1v) is 7.89. The second-order valence-electron chi connectivity index (χ2n) is 6.96. The van der Waals surface area contributed by atoms with Crippen molar-refractivity contribution >= 4 is 5.97 Å². The number of hydrogen-bond acceptors (Lipinski definition) is 4. The third-order valence-electron chi connectivity index (χ3n) is 4.96. The van der Waals surface area contributed by atoms with E-state index in [1.54, 1.807) is 6.07 Å². The van der Waals surface area contributed by atoms with Crippen LogP contribution in [0.5, 0.6) is 11.5 Å². The molecule has 0 radical (unpaired) electrons. The van der Waals surface area contributed by atoms with Gasteiger partial charge in [-0.1, -0.05) is 6.08 Å². The van der Waals surface area contributed by atoms with Gasteiger partial charge in [-0.05, 0) is 50.0 Å². The van der Waals surface area contributed by atoms with E-state index in [1.165, 1.54) is 6.07 Å². The molecule has 1 aliphatic carbocycles. The highest BCUT2D eigenvalue weighted by atomic mass is 16.5. The number of fused-ring (bicyclic) bond motifs is 3. The molecule has 124 valence electrons. The molecule has 5 heteroatoms. The summed E-state index contributed by atoms with van der Waals surface area (Å²) >= 11 is 0. The number of phenols is 1. The molecule has 3 rings (SSSR count). The summed E-state index contributed by atoms with van der Waals surface area (Å²) in [5, 5.41) is 28.9. The number of aromatic hydroxyl groups is 1. The molecule has 0 amide bonds. The van der Waals surface area contributed by atoms with Crippen molar-refractivity contribution in [3.8, 4) is 11.5 Å². The van der Waals surface area contributed by atoms with Crippen molar-refractivity contribution in [2.75, 3.05) is 6.61 Å². The van der Waals surface area contributed by atoms with Gasteiger partial charge in [-0.15, -0.1) is 0 Å². The quantitative estimate of drug-likeness (QED) is 0.746. The topological polar surface area (TPSA) is 87.0 Å². The summed E-state index contributed by atoms with van der Waals surface area (Å²) in [4.78, 5) is 10.9. The third kappa shape index (κ3) is 2.81. The zero-order valence-electron chi connectivity index (χ0n) is 13.4. The smallest absolute Gasteiger partial charge is 0.307 e. The lowest BCUT2D eigenvalue weighted by Gasteiger charge is -2.46. The third-order valence-corrected chi connectivity index (χ3v) is 4.96. The van der Waals surface area contributed by atoms with Gasteiger partial charge in [0.1, 0.15) is 17.1 Å². The summed E-state index contributed by atoms with van der Waals surface area (Å²) in [7, 11) is 0. The van der Waals surface area contributed by atoms with Crippen molar-refractivity contribution in [2.45, 2.75) is 44.6 Å². The van der Waals surface area contributed by atoms with E-state index in [2.05, 4.69) is 0 Å². The molecule has 0 saturated carbocycles. The minimum atomic E-state index is -0.947. The zero-order valence-corrected chi connectivity index (χ0v) is 13.4. The normalized spacial score (nSPS) is 24.9. The number of aliphatic carboxylic acids is 1. The molecule has 0 saturated heterocycles. The summed E-state index contributed by atoms with van der Waals surface area (Å²) in [6.07, 6.45) is 3.60. The van der Waals surface area contributed by atoms with Crippen LogP contribution in [-0.4, -0.2) is 33.5 Å². The number of carboxylic acid groups (broad SMARTS) is 1. The van der Waals surface area contributed by atoms with E-state index in [9.17, 15) is 15.0 Å². The van der Waals surface area contributed by atoms with Crippen LogP contribution in [0.3, 0.4) is 0 Å². The molecule has 1 heterocycles. The Morgan fingerprint density at radius 2 is 2.13 bits per heavy atom. The molecule has 2 unspecified atom stereocenters. The van der Waals surface area contributed by atoms with Crippen molar-refractivity contribution < 1.29 is 24.9 Å². The summed E-state index contributed by atoms with van der Waals surface area (Å²) in [5.74, 6) is -0.148. The maximum atomic E-state index is 10.9. The highest BCUT2D eigenvalue weighted by Crippen LogP contribution is 2.53. The van der Waals surface area contributed by atoms with Gasteiger partial charge in [-0.3, -0.25) is 4.79 Å². The molecule has 0 bridgehead atoms. The van der Waals surface area contributed by atoms with Crippen molar-refractivity contribution in [1.29, 1.82) is 0 Å². The van der Waals surface area contributed by atoms with Crippen molar-refractivity contribution in [3.63, 3.8) is 0 Å². The van der Waals surface area contributed by atoms with Gasteiger partial charge < -0.3 is 20.1 Å². The van der Waals surface area contributed by atoms with Crippen LogP contribution in [0.4, 0.5) is 0 Å². The number of carboxylic acids is 1. The molecule has 1 aliphatic heterocycles. The van der Waals surface area contributed by atoms with E-state index in [0.717, 1.165) is 18.4 Å². The summed E-state index contributed by atoms with van der Waals surface area (Å²) < 4.78 is 6.12. The van der Waals surface area contributed by atoms with E-state index in [4.69, 9.17) is 9.84 Å².